The molecule has 0 nitrogen and oxygen atoms in total. The van der Waals surface area contributed by atoms with Crippen LogP contribution in [0, 0.1) is 5.92 Å². The summed E-state index contributed by atoms with van der Waals surface area (Å²) in [6, 6.07) is 10.8. The van der Waals surface area contributed by atoms with Gasteiger partial charge in [0.25, 0.3) is 0 Å². The van der Waals surface area contributed by atoms with Crippen LogP contribution in [0.1, 0.15) is 24.8 Å². The summed E-state index contributed by atoms with van der Waals surface area (Å²) in [5, 5.41) is 0. The first kappa shape index (κ1) is 7.60. The number of hydrogen-bond acceptors (Lipinski definition) is 0. The van der Waals surface area contributed by atoms with Crippen molar-refractivity contribution >= 4 is 0 Å². The summed E-state index contributed by atoms with van der Waals surface area (Å²) in [5.74, 6) is 1.44. The molecule has 0 heterocycles. The molecule has 62 valence electrons. The third-order valence-corrected chi connectivity index (χ3v) is 2.69. The van der Waals surface area contributed by atoms with Crippen molar-refractivity contribution in [3.05, 3.63) is 48.0 Å². The lowest BCUT2D eigenvalue weighted by Crippen LogP contribution is -2.01. The van der Waals surface area contributed by atoms with Crippen molar-refractivity contribution in [1.29, 1.82) is 0 Å². The van der Waals surface area contributed by atoms with Crippen LogP contribution in [0.2, 0.25) is 0 Å². The summed E-state index contributed by atoms with van der Waals surface area (Å²) in [6.07, 6.45) is 5.82. The highest BCUT2D eigenvalue weighted by Crippen LogP contribution is 2.33. The van der Waals surface area contributed by atoms with E-state index in [1.807, 2.05) is 0 Å². The summed E-state index contributed by atoms with van der Waals surface area (Å²) >= 11 is 0. The van der Waals surface area contributed by atoms with E-state index in [1.54, 1.807) is 0 Å². The monoisotopic (exact) mass is 158 g/mol. The van der Waals surface area contributed by atoms with Crippen molar-refractivity contribution in [3.63, 3.8) is 0 Å². The lowest BCUT2D eigenvalue weighted by atomic mass is 9.90. The van der Waals surface area contributed by atoms with E-state index in [4.69, 9.17) is 0 Å². The SMILES string of the molecule is C[C@H]1C=CC[C@@H]1c1ccccc1. The molecule has 1 aromatic rings. The fourth-order valence-electron chi connectivity index (χ4n) is 1.93. The molecule has 0 amide bonds. The van der Waals surface area contributed by atoms with Crippen molar-refractivity contribution in [1.82, 2.24) is 0 Å². The molecule has 0 saturated carbocycles. The van der Waals surface area contributed by atoms with E-state index in [9.17, 15) is 0 Å². The van der Waals surface area contributed by atoms with Gasteiger partial charge in [0.2, 0.25) is 0 Å². The highest BCUT2D eigenvalue weighted by Gasteiger charge is 2.19. The quantitative estimate of drug-likeness (QED) is 0.550. The van der Waals surface area contributed by atoms with Gasteiger partial charge in [0.05, 0.1) is 0 Å². The zero-order chi connectivity index (χ0) is 8.39. The van der Waals surface area contributed by atoms with Crippen LogP contribution in [0.4, 0.5) is 0 Å². The maximum atomic E-state index is 2.32. The second kappa shape index (κ2) is 3.14. The lowest BCUT2D eigenvalue weighted by molar-refractivity contribution is 0.588. The van der Waals surface area contributed by atoms with Gasteiger partial charge in [0, 0.05) is 0 Å². The molecule has 0 bridgehead atoms. The molecular formula is C12H14. The van der Waals surface area contributed by atoms with Crippen LogP contribution in [0.25, 0.3) is 0 Å². The van der Waals surface area contributed by atoms with Crippen molar-refractivity contribution < 1.29 is 0 Å². The van der Waals surface area contributed by atoms with Gasteiger partial charge in [0.15, 0.2) is 0 Å². The minimum atomic E-state index is 0.715. The van der Waals surface area contributed by atoms with Crippen LogP contribution >= 0.6 is 0 Å². The molecule has 2 rings (SSSR count). The Labute approximate surface area is 73.9 Å². The molecule has 1 aliphatic carbocycles. The first-order valence-corrected chi connectivity index (χ1v) is 4.59. The zero-order valence-electron chi connectivity index (χ0n) is 7.40. The normalized spacial score (nSPS) is 27.8. The van der Waals surface area contributed by atoms with Gasteiger partial charge in [-0.2, -0.15) is 0 Å². The predicted octanol–water partition coefficient (Wildman–Crippen LogP) is 3.37. The van der Waals surface area contributed by atoms with Crippen LogP contribution in [0.3, 0.4) is 0 Å². The van der Waals surface area contributed by atoms with Gasteiger partial charge in [-0.25, -0.2) is 0 Å². The van der Waals surface area contributed by atoms with Gasteiger partial charge in [-0.05, 0) is 23.8 Å². The molecule has 0 aliphatic heterocycles. The molecule has 12 heavy (non-hydrogen) atoms. The van der Waals surface area contributed by atoms with Crippen LogP contribution in [0.15, 0.2) is 42.5 Å². The molecule has 0 radical (unpaired) electrons. The Morgan fingerprint density at radius 3 is 2.50 bits per heavy atom. The number of benzene rings is 1. The van der Waals surface area contributed by atoms with Crippen LogP contribution in [0.5, 0.6) is 0 Å². The molecule has 0 heteroatoms. The minimum absolute atomic E-state index is 0.715. The van der Waals surface area contributed by atoms with Crippen molar-refractivity contribution in [3.8, 4) is 0 Å². The summed E-state index contributed by atoms with van der Waals surface area (Å²) in [7, 11) is 0. The van der Waals surface area contributed by atoms with Gasteiger partial charge < -0.3 is 0 Å². The summed E-state index contributed by atoms with van der Waals surface area (Å²) in [5.41, 5.74) is 1.48. The predicted molar refractivity (Wildman–Crippen MR) is 52.1 cm³/mol. The Morgan fingerprint density at radius 2 is 1.92 bits per heavy atom. The highest BCUT2D eigenvalue weighted by molar-refractivity contribution is 5.24. The first-order valence-electron chi connectivity index (χ1n) is 4.59. The van der Waals surface area contributed by atoms with Crippen molar-refractivity contribution in [2.24, 2.45) is 5.92 Å². The molecular weight excluding hydrogens is 144 g/mol. The topological polar surface area (TPSA) is 0 Å². The molecule has 0 aromatic heterocycles. The first-order chi connectivity index (χ1) is 5.88. The van der Waals surface area contributed by atoms with Gasteiger partial charge >= 0.3 is 0 Å². The van der Waals surface area contributed by atoms with Crippen molar-refractivity contribution in [2.45, 2.75) is 19.3 Å². The van der Waals surface area contributed by atoms with Crippen molar-refractivity contribution in [2.75, 3.05) is 0 Å². The molecule has 1 aliphatic rings. The lowest BCUT2D eigenvalue weighted by Gasteiger charge is -2.14. The van der Waals surface area contributed by atoms with Crippen LogP contribution < -0.4 is 0 Å². The summed E-state index contributed by atoms with van der Waals surface area (Å²) in [4.78, 5) is 0. The maximum Gasteiger partial charge on any atom is -0.00671 e. The molecule has 0 unspecified atom stereocenters. The third-order valence-electron chi connectivity index (χ3n) is 2.69. The summed E-state index contributed by atoms with van der Waals surface area (Å²) in [6.45, 7) is 2.29. The van der Waals surface area contributed by atoms with Gasteiger partial charge in [-0.15, -0.1) is 0 Å². The molecule has 0 spiro atoms. The fourth-order valence-corrected chi connectivity index (χ4v) is 1.93. The van der Waals surface area contributed by atoms with Gasteiger partial charge in [-0.1, -0.05) is 49.4 Å². The van der Waals surface area contributed by atoms with E-state index in [1.165, 1.54) is 12.0 Å². The maximum absolute atomic E-state index is 2.32. The second-order valence-electron chi connectivity index (χ2n) is 3.54. The Morgan fingerprint density at radius 1 is 1.17 bits per heavy atom. The zero-order valence-corrected chi connectivity index (χ0v) is 7.40. The second-order valence-corrected chi connectivity index (χ2v) is 3.54. The van der Waals surface area contributed by atoms with Crippen LogP contribution in [-0.2, 0) is 0 Å². The van der Waals surface area contributed by atoms with Gasteiger partial charge in [-0.3, -0.25) is 0 Å². The van der Waals surface area contributed by atoms with Crippen LogP contribution in [-0.4, -0.2) is 0 Å². The highest BCUT2D eigenvalue weighted by atomic mass is 14.2. The van der Waals surface area contributed by atoms with E-state index in [0.29, 0.717) is 5.92 Å². The Hall–Kier alpha value is -1.04. The average Bonchev–Trinajstić information content (AvgIpc) is 2.53. The Kier molecular flexibility index (Phi) is 1.99. The minimum Gasteiger partial charge on any atom is -0.0876 e. The van der Waals surface area contributed by atoms with E-state index < -0.39 is 0 Å². The number of allylic oxidation sites excluding steroid dienone is 2. The Bertz CT molecular complexity index is 271. The number of rotatable bonds is 1. The molecule has 0 N–H and O–H groups in total. The van der Waals surface area contributed by atoms with Gasteiger partial charge in [0.1, 0.15) is 0 Å². The smallest absolute Gasteiger partial charge is 0.00671 e. The Balaban J connectivity index is 2.22. The van der Waals surface area contributed by atoms with E-state index in [2.05, 4.69) is 49.4 Å². The molecule has 0 fully saturated rings. The van der Waals surface area contributed by atoms with E-state index in [0.717, 1.165) is 5.92 Å². The van der Waals surface area contributed by atoms with E-state index >= 15 is 0 Å². The standard InChI is InChI=1S/C12H14/c1-10-6-5-9-12(10)11-7-3-2-4-8-11/h2-8,10,12H,9H2,1H3/t10-,12-/m0/s1. The molecule has 0 saturated heterocycles. The largest absolute Gasteiger partial charge is 0.0876 e. The fraction of sp³-hybridized carbons (Fsp3) is 0.333. The molecule has 1 aromatic carbocycles. The number of hydrogen-bond donors (Lipinski definition) is 0. The molecule has 2 atom stereocenters. The summed E-state index contributed by atoms with van der Waals surface area (Å²) < 4.78 is 0. The third kappa shape index (κ3) is 1.29. The average molecular weight is 158 g/mol. The van der Waals surface area contributed by atoms with E-state index in [-0.39, 0.29) is 0 Å².